The van der Waals surface area contributed by atoms with Crippen molar-refractivity contribution in [3.8, 4) is 5.75 Å². The average Bonchev–Trinajstić information content (AvgIpc) is 2.75. The summed E-state index contributed by atoms with van der Waals surface area (Å²) in [6.45, 7) is 4.28. The standard InChI is InChI=1S/C22H27NO11/c1-11(24)23-18-20(32-14(4)27)19(31-13(3)26)17(10-30-12(2)25)34-22(18)33-16-9-7-6-8-15(16)21(28)29-5/h6-9,17-20,22H,10H2,1-5H3,(H,23,24). The first-order chi connectivity index (χ1) is 16.0. The molecule has 1 aliphatic heterocycles. The summed E-state index contributed by atoms with van der Waals surface area (Å²) in [5.41, 5.74) is 0.0675. The van der Waals surface area contributed by atoms with E-state index in [0.29, 0.717) is 0 Å². The Morgan fingerprint density at radius 3 is 2.09 bits per heavy atom. The highest BCUT2D eigenvalue weighted by molar-refractivity contribution is 5.92. The molecule has 12 nitrogen and oxygen atoms in total. The van der Waals surface area contributed by atoms with Crippen LogP contribution in [0.1, 0.15) is 38.1 Å². The number of rotatable bonds is 8. The number of carbonyl (C=O) groups excluding carboxylic acids is 5. The zero-order valence-electron chi connectivity index (χ0n) is 19.4. The molecule has 5 unspecified atom stereocenters. The molecule has 5 atom stereocenters. The summed E-state index contributed by atoms with van der Waals surface area (Å²) in [5.74, 6) is -3.26. The Hall–Kier alpha value is -3.67. The van der Waals surface area contributed by atoms with Crippen molar-refractivity contribution in [1.82, 2.24) is 5.32 Å². The SMILES string of the molecule is COC(=O)c1ccccc1OC1OC(COC(C)=O)C(OC(C)=O)C(OC(C)=O)C1NC(C)=O. The van der Waals surface area contributed by atoms with Gasteiger partial charge in [0, 0.05) is 27.7 Å². The normalized spacial score (nSPS) is 23.7. The Kier molecular flexibility index (Phi) is 9.36. The molecule has 0 radical (unpaired) electrons. The number of amides is 1. The number of ether oxygens (including phenoxy) is 6. The minimum absolute atomic E-state index is 0.0495. The third kappa shape index (κ3) is 7.17. The van der Waals surface area contributed by atoms with Gasteiger partial charge in [0.15, 0.2) is 12.2 Å². The molecule has 1 fully saturated rings. The number of esters is 4. The van der Waals surface area contributed by atoms with E-state index in [1.165, 1.54) is 33.1 Å². The number of para-hydroxylation sites is 1. The molecule has 1 N–H and O–H groups in total. The highest BCUT2D eigenvalue weighted by Crippen LogP contribution is 2.30. The third-order valence-electron chi connectivity index (χ3n) is 4.61. The van der Waals surface area contributed by atoms with E-state index in [-0.39, 0.29) is 17.9 Å². The highest BCUT2D eigenvalue weighted by Gasteiger charge is 2.52. The van der Waals surface area contributed by atoms with Gasteiger partial charge >= 0.3 is 23.9 Å². The van der Waals surface area contributed by atoms with E-state index in [1.807, 2.05) is 0 Å². The molecule has 0 aromatic heterocycles. The average molecular weight is 481 g/mol. The fraction of sp³-hybridized carbons (Fsp3) is 0.500. The van der Waals surface area contributed by atoms with Gasteiger partial charge in [0.2, 0.25) is 12.2 Å². The van der Waals surface area contributed by atoms with E-state index < -0.39 is 60.4 Å². The molecule has 1 saturated heterocycles. The topological polar surface area (TPSA) is 153 Å². The van der Waals surface area contributed by atoms with Crippen molar-refractivity contribution in [3.63, 3.8) is 0 Å². The Morgan fingerprint density at radius 1 is 0.912 bits per heavy atom. The molecular weight excluding hydrogens is 454 g/mol. The predicted molar refractivity (Wildman–Crippen MR) is 112 cm³/mol. The summed E-state index contributed by atoms with van der Waals surface area (Å²) in [5, 5.41) is 2.58. The van der Waals surface area contributed by atoms with Crippen LogP contribution in [0.4, 0.5) is 0 Å². The van der Waals surface area contributed by atoms with Crippen LogP contribution in [0.5, 0.6) is 5.75 Å². The van der Waals surface area contributed by atoms with Gasteiger partial charge in [-0.3, -0.25) is 19.2 Å². The van der Waals surface area contributed by atoms with Crippen LogP contribution >= 0.6 is 0 Å². The molecular formula is C22H27NO11. The fourth-order valence-electron chi connectivity index (χ4n) is 3.36. The molecule has 0 bridgehead atoms. The molecule has 1 aromatic carbocycles. The first kappa shape index (κ1) is 26.6. The lowest BCUT2D eigenvalue weighted by atomic mass is 9.96. The van der Waals surface area contributed by atoms with Gasteiger partial charge in [0.25, 0.3) is 0 Å². The number of carbonyl (C=O) groups is 5. The lowest BCUT2D eigenvalue weighted by molar-refractivity contribution is -0.257. The number of benzene rings is 1. The van der Waals surface area contributed by atoms with Gasteiger partial charge in [-0.05, 0) is 12.1 Å². The molecule has 0 aliphatic carbocycles. The molecule has 1 aliphatic rings. The summed E-state index contributed by atoms with van der Waals surface area (Å²) in [4.78, 5) is 59.2. The second-order valence-corrected chi connectivity index (χ2v) is 7.33. The molecule has 12 heteroatoms. The van der Waals surface area contributed by atoms with Gasteiger partial charge < -0.3 is 33.7 Å². The van der Waals surface area contributed by atoms with Crippen molar-refractivity contribution in [2.45, 2.75) is 58.3 Å². The number of methoxy groups -OCH3 is 1. The van der Waals surface area contributed by atoms with Crippen LogP contribution < -0.4 is 10.1 Å². The largest absolute Gasteiger partial charge is 0.465 e. The molecule has 1 aromatic rings. The van der Waals surface area contributed by atoms with Crippen LogP contribution in [0, 0.1) is 0 Å². The number of hydrogen-bond acceptors (Lipinski definition) is 11. The summed E-state index contributed by atoms with van der Waals surface area (Å²) in [7, 11) is 1.20. The van der Waals surface area contributed by atoms with Gasteiger partial charge in [-0.15, -0.1) is 0 Å². The van der Waals surface area contributed by atoms with Crippen LogP contribution in [0.2, 0.25) is 0 Å². The first-order valence-electron chi connectivity index (χ1n) is 10.3. The van der Waals surface area contributed by atoms with Gasteiger partial charge in [-0.25, -0.2) is 4.79 Å². The smallest absolute Gasteiger partial charge is 0.341 e. The van der Waals surface area contributed by atoms with Crippen LogP contribution in [0.15, 0.2) is 24.3 Å². The molecule has 34 heavy (non-hydrogen) atoms. The first-order valence-corrected chi connectivity index (χ1v) is 10.3. The van der Waals surface area contributed by atoms with Gasteiger partial charge in [-0.2, -0.15) is 0 Å². The zero-order valence-corrected chi connectivity index (χ0v) is 19.4. The Morgan fingerprint density at radius 2 is 1.53 bits per heavy atom. The van der Waals surface area contributed by atoms with Gasteiger partial charge in [-0.1, -0.05) is 12.1 Å². The molecule has 0 spiro atoms. The van der Waals surface area contributed by atoms with Crippen molar-refractivity contribution < 1.29 is 52.4 Å². The maximum Gasteiger partial charge on any atom is 0.341 e. The maximum absolute atomic E-state index is 12.2. The van der Waals surface area contributed by atoms with Crippen molar-refractivity contribution in [3.05, 3.63) is 29.8 Å². The fourth-order valence-corrected chi connectivity index (χ4v) is 3.36. The quantitative estimate of drug-likeness (QED) is 0.408. The molecule has 186 valence electrons. The molecule has 1 amide bonds. The summed E-state index contributed by atoms with van der Waals surface area (Å²) in [6.07, 6.45) is -5.04. The van der Waals surface area contributed by atoms with E-state index in [4.69, 9.17) is 28.4 Å². The minimum atomic E-state index is -1.36. The van der Waals surface area contributed by atoms with Gasteiger partial charge in [0.1, 0.15) is 30.1 Å². The van der Waals surface area contributed by atoms with E-state index in [1.54, 1.807) is 12.1 Å². The third-order valence-corrected chi connectivity index (χ3v) is 4.61. The van der Waals surface area contributed by atoms with Gasteiger partial charge in [0.05, 0.1) is 7.11 Å². The van der Waals surface area contributed by atoms with E-state index in [2.05, 4.69) is 5.32 Å². The molecule has 0 saturated carbocycles. The van der Waals surface area contributed by atoms with Crippen molar-refractivity contribution in [2.24, 2.45) is 0 Å². The minimum Gasteiger partial charge on any atom is -0.465 e. The Labute approximate surface area is 195 Å². The van der Waals surface area contributed by atoms with Crippen LogP contribution in [0.3, 0.4) is 0 Å². The van der Waals surface area contributed by atoms with Crippen molar-refractivity contribution in [2.75, 3.05) is 13.7 Å². The van der Waals surface area contributed by atoms with Crippen LogP contribution in [0.25, 0.3) is 0 Å². The summed E-state index contributed by atoms with van der Waals surface area (Å²) in [6, 6.07) is 4.94. The highest BCUT2D eigenvalue weighted by atomic mass is 16.7. The van der Waals surface area contributed by atoms with E-state index in [0.717, 1.165) is 13.8 Å². The number of nitrogens with one attached hydrogen (secondary N) is 1. The second kappa shape index (κ2) is 12.0. The van der Waals surface area contributed by atoms with E-state index >= 15 is 0 Å². The van der Waals surface area contributed by atoms with Crippen LogP contribution in [-0.2, 0) is 42.9 Å². The lowest BCUT2D eigenvalue weighted by Gasteiger charge is -2.44. The zero-order chi connectivity index (χ0) is 25.4. The van der Waals surface area contributed by atoms with Crippen molar-refractivity contribution in [1.29, 1.82) is 0 Å². The lowest BCUT2D eigenvalue weighted by Crippen LogP contribution is -2.67. The van der Waals surface area contributed by atoms with E-state index in [9.17, 15) is 24.0 Å². The number of hydrogen-bond donors (Lipinski definition) is 1. The second-order valence-electron chi connectivity index (χ2n) is 7.33. The van der Waals surface area contributed by atoms with Crippen molar-refractivity contribution >= 4 is 29.8 Å². The summed E-state index contributed by atoms with van der Waals surface area (Å²) >= 11 is 0. The molecule has 1 heterocycles. The predicted octanol–water partition coefficient (Wildman–Crippen LogP) is 0.508. The monoisotopic (exact) mass is 481 g/mol. The molecule has 2 rings (SSSR count). The summed E-state index contributed by atoms with van der Waals surface area (Å²) < 4.78 is 32.3. The maximum atomic E-state index is 12.2. The Bertz CT molecular complexity index is 931. The Balaban J connectivity index is 2.52. The van der Waals surface area contributed by atoms with Crippen LogP contribution in [-0.4, -0.2) is 74.1 Å².